The summed E-state index contributed by atoms with van der Waals surface area (Å²) in [6.45, 7) is 2.08. The molecule has 0 bridgehead atoms. The molecule has 0 saturated carbocycles. The van der Waals surface area contributed by atoms with Crippen LogP contribution in [0.4, 0.5) is 11.4 Å². The zero-order chi connectivity index (χ0) is 16.1. The number of carbonyl (C=O) groups excluding carboxylic acids is 2. The molecule has 120 valence electrons. The minimum absolute atomic E-state index is 0.141. The maximum Gasteiger partial charge on any atom is 0.326 e. The summed E-state index contributed by atoms with van der Waals surface area (Å²) in [6, 6.07) is 5.13. The van der Waals surface area contributed by atoms with Gasteiger partial charge >= 0.3 is 5.97 Å². The number of hydrogen-bond donors (Lipinski definition) is 1. The molecule has 1 atom stereocenters. The second kappa shape index (κ2) is 7.13. The van der Waals surface area contributed by atoms with Gasteiger partial charge < -0.3 is 19.9 Å². The molecule has 2 N–H and O–H groups in total. The van der Waals surface area contributed by atoms with Gasteiger partial charge in [0.15, 0.2) is 6.10 Å². The highest BCUT2D eigenvalue weighted by Crippen LogP contribution is 2.39. The Balaban J connectivity index is 2.21. The van der Waals surface area contributed by atoms with Crippen LogP contribution in [0.3, 0.4) is 0 Å². The van der Waals surface area contributed by atoms with E-state index in [1.165, 1.54) is 12.0 Å². The summed E-state index contributed by atoms with van der Waals surface area (Å²) in [5.41, 5.74) is 6.73. The van der Waals surface area contributed by atoms with Gasteiger partial charge in [-0.05, 0) is 18.6 Å². The van der Waals surface area contributed by atoms with Crippen molar-refractivity contribution in [2.75, 3.05) is 37.5 Å². The molecule has 0 saturated heterocycles. The molecule has 7 nitrogen and oxygen atoms in total. The number of nitrogen functional groups attached to an aromatic ring is 1. The van der Waals surface area contributed by atoms with E-state index in [-0.39, 0.29) is 19.1 Å². The third-order valence-electron chi connectivity index (χ3n) is 3.32. The van der Waals surface area contributed by atoms with E-state index in [2.05, 4.69) is 0 Å². The van der Waals surface area contributed by atoms with Crippen molar-refractivity contribution in [2.24, 2.45) is 0 Å². The average molecular weight is 308 g/mol. The van der Waals surface area contributed by atoms with Crippen LogP contribution in [0.5, 0.6) is 5.75 Å². The van der Waals surface area contributed by atoms with Crippen molar-refractivity contribution in [2.45, 2.75) is 19.4 Å². The normalized spacial score (nSPS) is 16.9. The predicted octanol–water partition coefficient (Wildman–Crippen LogP) is 0.962. The summed E-state index contributed by atoms with van der Waals surface area (Å²) in [5.74, 6) is -0.316. The van der Waals surface area contributed by atoms with E-state index in [1.54, 1.807) is 18.2 Å². The second-order valence-corrected chi connectivity index (χ2v) is 4.85. The minimum atomic E-state index is -0.624. The van der Waals surface area contributed by atoms with Gasteiger partial charge in [-0.25, -0.2) is 0 Å². The standard InChI is InChI=1S/C15H20N2O5/c1-3-11-15(19)17(9-13(18)21-8-7-20-2)14-10(16)5-4-6-12(14)22-11/h4-6,11H,3,7-9,16H2,1-2H3. The minimum Gasteiger partial charge on any atom is -0.478 e. The number of para-hydroxylation sites is 1. The molecule has 0 aliphatic carbocycles. The summed E-state index contributed by atoms with van der Waals surface area (Å²) in [5, 5.41) is 0. The highest BCUT2D eigenvalue weighted by Gasteiger charge is 2.35. The van der Waals surface area contributed by atoms with Gasteiger partial charge in [-0.2, -0.15) is 0 Å². The highest BCUT2D eigenvalue weighted by molar-refractivity contribution is 6.05. The number of nitrogens with two attached hydrogens (primary N) is 1. The summed E-state index contributed by atoms with van der Waals surface area (Å²) in [6.07, 6.45) is -0.122. The molecule has 22 heavy (non-hydrogen) atoms. The first kappa shape index (κ1) is 16.1. The van der Waals surface area contributed by atoms with Crippen molar-refractivity contribution in [3.05, 3.63) is 18.2 Å². The van der Waals surface area contributed by atoms with Crippen LogP contribution in [-0.2, 0) is 19.1 Å². The largest absolute Gasteiger partial charge is 0.478 e. The maximum atomic E-state index is 12.4. The Hall–Kier alpha value is -2.28. The number of ether oxygens (including phenoxy) is 3. The number of amides is 1. The molecule has 1 unspecified atom stereocenters. The number of anilines is 2. The van der Waals surface area contributed by atoms with E-state index < -0.39 is 12.1 Å². The lowest BCUT2D eigenvalue weighted by molar-refractivity contribution is -0.144. The summed E-state index contributed by atoms with van der Waals surface area (Å²) < 4.78 is 15.5. The Labute approximate surface area is 128 Å². The molecule has 0 radical (unpaired) electrons. The average Bonchev–Trinajstić information content (AvgIpc) is 2.50. The van der Waals surface area contributed by atoms with Crippen LogP contribution in [0.2, 0.25) is 0 Å². The summed E-state index contributed by atoms with van der Waals surface area (Å²) >= 11 is 0. The van der Waals surface area contributed by atoms with Gasteiger partial charge in [0, 0.05) is 7.11 Å². The van der Waals surface area contributed by atoms with Crippen molar-refractivity contribution < 1.29 is 23.8 Å². The molecule has 0 aromatic heterocycles. The third kappa shape index (κ3) is 3.30. The van der Waals surface area contributed by atoms with Gasteiger partial charge in [0.2, 0.25) is 0 Å². The molecule has 7 heteroatoms. The molecule has 1 aliphatic heterocycles. The van der Waals surface area contributed by atoms with Crippen molar-refractivity contribution in [3.8, 4) is 5.75 Å². The highest BCUT2D eigenvalue weighted by atomic mass is 16.6. The molecule has 1 aliphatic rings. The lowest BCUT2D eigenvalue weighted by Gasteiger charge is -2.34. The van der Waals surface area contributed by atoms with Gasteiger partial charge in [0.05, 0.1) is 12.3 Å². The van der Waals surface area contributed by atoms with Crippen LogP contribution in [0.1, 0.15) is 13.3 Å². The van der Waals surface area contributed by atoms with Crippen LogP contribution >= 0.6 is 0 Å². The van der Waals surface area contributed by atoms with E-state index >= 15 is 0 Å². The number of carbonyl (C=O) groups is 2. The molecule has 2 rings (SSSR count). The monoisotopic (exact) mass is 308 g/mol. The van der Waals surface area contributed by atoms with E-state index in [9.17, 15) is 9.59 Å². The molecule has 0 fully saturated rings. The van der Waals surface area contributed by atoms with Gasteiger partial charge in [-0.1, -0.05) is 13.0 Å². The van der Waals surface area contributed by atoms with Crippen molar-refractivity contribution in [1.82, 2.24) is 0 Å². The Morgan fingerprint density at radius 3 is 2.86 bits per heavy atom. The first-order valence-corrected chi connectivity index (χ1v) is 7.09. The van der Waals surface area contributed by atoms with Crippen LogP contribution in [0.25, 0.3) is 0 Å². The van der Waals surface area contributed by atoms with Gasteiger partial charge in [0.25, 0.3) is 5.91 Å². The maximum absolute atomic E-state index is 12.4. The quantitative estimate of drug-likeness (QED) is 0.478. The van der Waals surface area contributed by atoms with E-state index in [0.717, 1.165) is 0 Å². The third-order valence-corrected chi connectivity index (χ3v) is 3.32. The molecule has 1 amide bonds. The zero-order valence-corrected chi connectivity index (χ0v) is 12.7. The Morgan fingerprint density at radius 1 is 1.41 bits per heavy atom. The van der Waals surface area contributed by atoms with Crippen LogP contribution in [0.15, 0.2) is 18.2 Å². The number of benzene rings is 1. The van der Waals surface area contributed by atoms with Crippen LogP contribution < -0.4 is 15.4 Å². The number of fused-ring (bicyclic) bond motifs is 1. The van der Waals surface area contributed by atoms with Crippen molar-refractivity contribution >= 4 is 23.3 Å². The number of hydrogen-bond acceptors (Lipinski definition) is 6. The lowest BCUT2D eigenvalue weighted by atomic mass is 10.1. The van der Waals surface area contributed by atoms with Crippen LogP contribution in [0, 0.1) is 0 Å². The zero-order valence-electron chi connectivity index (χ0n) is 12.7. The van der Waals surface area contributed by atoms with Gasteiger partial charge in [0.1, 0.15) is 24.6 Å². The molecule has 0 spiro atoms. The summed E-state index contributed by atoms with van der Waals surface area (Å²) in [4.78, 5) is 25.7. The van der Waals surface area contributed by atoms with Crippen molar-refractivity contribution in [3.63, 3.8) is 0 Å². The Bertz CT molecular complexity index is 561. The van der Waals surface area contributed by atoms with E-state index in [0.29, 0.717) is 30.2 Å². The fourth-order valence-electron chi connectivity index (χ4n) is 2.24. The Morgan fingerprint density at radius 2 is 2.18 bits per heavy atom. The predicted molar refractivity (Wildman–Crippen MR) is 80.7 cm³/mol. The van der Waals surface area contributed by atoms with E-state index in [4.69, 9.17) is 19.9 Å². The second-order valence-electron chi connectivity index (χ2n) is 4.85. The first-order chi connectivity index (χ1) is 10.6. The lowest BCUT2D eigenvalue weighted by Crippen LogP contribution is -2.48. The summed E-state index contributed by atoms with van der Waals surface area (Å²) in [7, 11) is 1.52. The van der Waals surface area contributed by atoms with Gasteiger partial charge in [-0.3, -0.25) is 14.5 Å². The fourth-order valence-corrected chi connectivity index (χ4v) is 2.24. The van der Waals surface area contributed by atoms with Gasteiger partial charge in [-0.15, -0.1) is 0 Å². The molecule has 1 heterocycles. The SMILES string of the molecule is CCC1Oc2cccc(N)c2N(CC(=O)OCCOC)C1=O. The number of rotatable bonds is 6. The van der Waals surface area contributed by atoms with Crippen molar-refractivity contribution in [1.29, 1.82) is 0 Å². The topological polar surface area (TPSA) is 91.1 Å². The molecule has 1 aromatic rings. The number of esters is 1. The smallest absolute Gasteiger partial charge is 0.326 e. The Kier molecular flexibility index (Phi) is 5.21. The van der Waals surface area contributed by atoms with Crippen LogP contribution in [-0.4, -0.2) is 44.8 Å². The van der Waals surface area contributed by atoms with E-state index in [1.807, 2.05) is 6.92 Å². The molecule has 1 aromatic carbocycles. The molecular weight excluding hydrogens is 288 g/mol. The number of methoxy groups -OCH3 is 1. The number of nitrogens with zero attached hydrogens (tertiary/aromatic N) is 1. The first-order valence-electron chi connectivity index (χ1n) is 7.09. The fraction of sp³-hybridized carbons (Fsp3) is 0.467. The molecular formula is C15H20N2O5.